The third-order valence-electron chi connectivity index (χ3n) is 2.60. The topological polar surface area (TPSA) is 39.2 Å². The molecule has 96 valence electrons. The first kappa shape index (κ1) is 13.0. The summed E-state index contributed by atoms with van der Waals surface area (Å²) in [6, 6.07) is 13.2. The van der Waals surface area contributed by atoms with Crippen molar-refractivity contribution in [2.75, 3.05) is 6.61 Å². The van der Waals surface area contributed by atoms with Crippen LogP contribution in [-0.4, -0.2) is 17.6 Å². The van der Waals surface area contributed by atoms with E-state index in [2.05, 4.69) is 4.98 Å². The van der Waals surface area contributed by atoms with Crippen LogP contribution in [0.25, 0.3) is 11.6 Å². The van der Waals surface area contributed by atoms with Gasteiger partial charge in [0.1, 0.15) is 0 Å². The van der Waals surface area contributed by atoms with Crippen molar-refractivity contribution in [3.05, 3.63) is 66.0 Å². The molecule has 1 aromatic heterocycles. The smallest absolute Gasteiger partial charge is 0.338 e. The van der Waals surface area contributed by atoms with E-state index in [1.165, 1.54) is 0 Å². The zero-order valence-corrected chi connectivity index (χ0v) is 10.7. The number of pyridine rings is 1. The Balaban J connectivity index is 2.41. The van der Waals surface area contributed by atoms with E-state index in [4.69, 9.17) is 4.74 Å². The minimum absolute atomic E-state index is 0.314. The molecule has 1 heterocycles. The van der Waals surface area contributed by atoms with Gasteiger partial charge in [-0.25, -0.2) is 4.79 Å². The predicted octanol–water partition coefficient (Wildman–Crippen LogP) is 3.19. The van der Waals surface area contributed by atoms with E-state index in [9.17, 15) is 4.79 Å². The van der Waals surface area contributed by atoms with Crippen LogP contribution in [0.3, 0.4) is 0 Å². The van der Waals surface area contributed by atoms with E-state index >= 15 is 0 Å². The second-order valence-electron chi connectivity index (χ2n) is 3.93. The van der Waals surface area contributed by atoms with Crippen molar-refractivity contribution >= 4 is 17.6 Å². The first-order valence-corrected chi connectivity index (χ1v) is 6.15. The Labute approximate surface area is 112 Å². The molecule has 0 N–H and O–H groups in total. The molecule has 0 aliphatic rings. The van der Waals surface area contributed by atoms with Gasteiger partial charge in [0.05, 0.1) is 12.2 Å². The van der Waals surface area contributed by atoms with Crippen LogP contribution in [0, 0.1) is 0 Å². The molecule has 0 atom stereocenters. The molecule has 3 nitrogen and oxygen atoms in total. The summed E-state index contributed by atoms with van der Waals surface area (Å²) in [4.78, 5) is 16.0. The Morgan fingerprint density at radius 3 is 2.47 bits per heavy atom. The largest absolute Gasteiger partial charge is 0.462 e. The summed E-state index contributed by atoms with van der Waals surface area (Å²) in [6.07, 6.45) is 5.20. The van der Waals surface area contributed by atoms with Gasteiger partial charge in [-0.05, 0) is 36.3 Å². The molecule has 0 bridgehead atoms. The lowest BCUT2D eigenvalue weighted by atomic mass is 10.0. The van der Waals surface area contributed by atoms with Gasteiger partial charge in [0.25, 0.3) is 0 Å². The molecule has 0 unspecified atom stereocenters. The molecule has 19 heavy (non-hydrogen) atoms. The lowest BCUT2D eigenvalue weighted by Crippen LogP contribution is -2.06. The zero-order valence-electron chi connectivity index (χ0n) is 10.7. The van der Waals surface area contributed by atoms with Crippen LogP contribution in [0.1, 0.15) is 18.1 Å². The quantitative estimate of drug-likeness (QED) is 0.620. The number of rotatable bonds is 4. The molecule has 0 spiro atoms. The van der Waals surface area contributed by atoms with Gasteiger partial charge in [0, 0.05) is 12.4 Å². The van der Waals surface area contributed by atoms with Crippen LogP contribution in [-0.2, 0) is 9.53 Å². The highest BCUT2D eigenvalue weighted by atomic mass is 16.5. The molecular formula is C16H15NO2. The third-order valence-corrected chi connectivity index (χ3v) is 2.60. The average Bonchev–Trinajstić information content (AvgIpc) is 2.47. The third kappa shape index (κ3) is 3.52. The van der Waals surface area contributed by atoms with E-state index in [1.807, 2.05) is 48.5 Å². The summed E-state index contributed by atoms with van der Waals surface area (Å²) in [5.74, 6) is -0.314. The Bertz CT molecular complexity index is 562. The molecule has 0 amide bonds. The fraction of sp³-hybridized carbons (Fsp3) is 0.125. The van der Waals surface area contributed by atoms with Crippen molar-refractivity contribution in [3.8, 4) is 0 Å². The van der Waals surface area contributed by atoms with Gasteiger partial charge in [-0.2, -0.15) is 0 Å². The van der Waals surface area contributed by atoms with Crippen LogP contribution in [0.15, 0.2) is 54.9 Å². The van der Waals surface area contributed by atoms with E-state index in [1.54, 1.807) is 19.3 Å². The van der Waals surface area contributed by atoms with Gasteiger partial charge in [-0.1, -0.05) is 30.3 Å². The van der Waals surface area contributed by atoms with E-state index in [0.717, 1.165) is 11.1 Å². The molecule has 2 aromatic rings. The molecule has 0 aliphatic carbocycles. The normalized spacial score (nSPS) is 11.1. The molecule has 2 rings (SSSR count). The van der Waals surface area contributed by atoms with E-state index in [0.29, 0.717) is 12.2 Å². The van der Waals surface area contributed by atoms with Crippen LogP contribution in [0.5, 0.6) is 0 Å². The Morgan fingerprint density at radius 1 is 1.16 bits per heavy atom. The number of carbonyl (C=O) groups excluding carboxylic acids is 1. The number of carbonyl (C=O) groups is 1. The Hall–Kier alpha value is -2.42. The van der Waals surface area contributed by atoms with Crippen LogP contribution >= 0.6 is 0 Å². The minimum atomic E-state index is -0.314. The average molecular weight is 253 g/mol. The number of hydrogen-bond donors (Lipinski definition) is 0. The fourth-order valence-corrected chi connectivity index (χ4v) is 1.71. The lowest BCUT2D eigenvalue weighted by Gasteiger charge is -2.07. The maximum Gasteiger partial charge on any atom is 0.338 e. The summed E-state index contributed by atoms with van der Waals surface area (Å²) >= 11 is 0. The summed E-state index contributed by atoms with van der Waals surface area (Å²) in [7, 11) is 0. The van der Waals surface area contributed by atoms with Gasteiger partial charge >= 0.3 is 5.97 Å². The maximum absolute atomic E-state index is 12.0. The first-order chi connectivity index (χ1) is 9.31. The number of hydrogen-bond acceptors (Lipinski definition) is 3. The molecule has 0 saturated carbocycles. The second kappa shape index (κ2) is 6.50. The second-order valence-corrected chi connectivity index (χ2v) is 3.93. The van der Waals surface area contributed by atoms with Crippen molar-refractivity contribution in [1.82, 2.24) is 4.98 Å². The summed E-state index contributed by atoms with van der Waals surface area (Å²) in [6.45, 7) is 2.16. The van der Waals surface area contributed by atoms with E-state index < -0.39 is 0 Å². The number of esters is 1. The summed E-state index contributed by atoms with van der Waals surface area (Å²) in [5, 5.41) is 0. The monoisotopic (exact) mass is 253 g/mol. The molecule has 0 aliphatic heterocycles. The summed E-state index contributed by atoms with van der Waals surface area (Å²) < 4.78 is 5.11. The van der Waals surface area contributed by atoms with Crippen LogP contribution in [0.2, 0.25) is 0 Å². The predicted molar refractivity (Wildman–Crippen MR) is 75.2 cm³/mol. The van der Waals surface area contributed by atoms with E-state index in [-0.39, 0.29) is 5.97 Å². The molecule has 0 fully saturated rings. The lowest BCUT2D eigenvalue weighted by molar-refractivity contribution is -0.136. The van der Waals surface area contributed by atoms with Gasteiger partial charge in [-0.15, -0.1) is 0 Å². The number of aromatic nitrogens is 1. The van der Waals surface area contributed by atoms with Crippen molar-refractivity contribution < 1.29 is 9.53 Å². The van der Waals surface area contributed by atoms with Crippen LogP contribution < -0.4 is 0 Å². The van der Waals surface area contributed by atoms with Crippen molar-refractivity contribution in [3.63, 3.8) is 0 Å². The minimum Gasteiger partial charge on any atom is -0.462 e. The molecule has 3 heteroatoms. The Kier molecular flexibility index (Phi) is 4.45. The van der Waals surface area contributed by atoms with Crippen LogP contribution in [0.4, 0.5) is 0 Å². The van der Waals surface area contributed by atoms with Gasteiger partial charge in [0.2, 0.25) is 0 Å². The highest BCUT2D eigenvalue weighted by molar-refractivity contribution is 6.21. The van der Waals surface area contributed by atoms with Gasteiger partial charge in [0.15, 0.2) is 0 Å². The molecule has 0 radical (unpaired) electrons. The number of benzene rings is 1. The van der Waals surface area contributed by atoms with Crippen molar-refractivity contribution in [2.24, 2.45) is 0 Å². The first-order valence-electron chi connectivity index (χ1n) is 6.15. The zero-order chi connectivity index (χ0) is 13.5. The molecular weight excluding hydrogens is 238 g/mol. The highest BCUT2D eigenvalue weighted by Crippen LogP contribution is 2.19. The number of nitrogens with zero attached hydrogens (tertiary/aromatic N) is 1. The number of ether oxygens (including phenoxy) is 1. The van der Waals surface area contributed by atoms with Crippen molar-refractivity contribution in [1.29, 1.82) is 0 Å². The SMILES string of the molecule is CCOC(=O)/C(=C/c1ccncc1)c1ccccc1. The maximum atomic E-state index is 12.0. The molecule has 0 saturated heterocycles. The summed E-state index contributed by atoms with van der Waals surface area (Å²) in [5.41, 5.74) is 2.31. The van der Waals surface area contributed by atoms with Gasteiger partial charge < -0.3 is 4.74 Å². The highest BCUT2D eigenvalue weighted by Gasteiger charge is 2.12. The van der Waals surface area contributed by atoms with Crippen molar-refractivity contribution in [2.45, 2.75) is 6.92 Å². The fourth-order valence-electron chi connectivity index (χ4n) is 1.71. The van der Waals surface area contributed by atoms with Gasteiger partial charge in [-0.3, -0.25) is 4.98 Å². The molecule has 1 aromatic carbocycles. The Morgan fingerprint density at radius 2 is 1.84 bits per heavy atom. The standard InChI is InChI=1S/C16H15NO2/c1-2-19-16(18)15(14-6-4-3-5-7-14)12-13-8-10-17-11-9-13/h3-12H,2H2,1H3/b15-12+.